The van der Waals surface area contributed by atoms with E-state index >= 15 is 0 Å². The van der Waals surface area contributed by atoms with E-state index in [-0.39, 0.29) is 18.1 Å². The lowest BCUT2D eigenvalue weighted by Gasteiger charge is -2.27. The van der Waals surface area contributed by atoms with E-state index in [1.54, 1.807) is 42.5 Å². The highest BCUT2D eigenvalue weighted by molar-refractivity contribution is 6.03. The van der Waals surface area contributed by atoms with Crippen LogP contribution in [0.15, 0.2) is 78.9 Å². The molecule has 0 saturated heterocycles. The number of nitrogens with one attached hydrogen (secondary N) is 1. The summed E-state index contributed by atoms with van der Waals surface area (Å²) in [7, 11) is 0. The highest BCUT2D eigenvalue weighted by Gasteiger charge is 2.37. The number of hydrogen-bond donors (Lipinski definition) is 1. The molecule has 0 radical (unpaired) electrons. The van der Waals surface area contributed by atoms with Gasteiger partial charge in [0.25, 0.3) is 11.8 Å². The van der Waals surface area contributed by atoms with Gasteiger partial charge >= 0.3 is 6.36 Å². The Morgan fingerprint density at radius 1 is 0.935 bits per heavy atom. The molecular weight excluding hydrogens is 409 g/mol. The molecule has 0 saturated carbocycles. The van der Waals surface area contributed by atoms with Gasteiger partial charge in [-0.15, -0.1) is 13.2 Å². The van der Waals surface area contributed by atoms with E-state index in [0.29, 0.717) is 11.1 Å². The van der Waals surface area contributed by atoms with Crippen molar-refractivity contribution in [3.63, 3.8) is 0 Å². The molecule has 3 aromatic carbocycles. The van der Waals surface area contributed by atoms with Gasteiger partial charge in [-0.1, -0.05) is 48.5 Å². The van der Waals surface area contributed by atoms with Gasteiger partial charge in [-0.2, -0.15) is 0 Å². The number of hydrogen-bond acceptors (Lipinski definition) is 3. The van der Waals surface area contributed by atoms with Gasteiger partial charge in [0.05, 0.1) is 0 Å². The van der Waals surface area contributed by atoms with Crippen LogP contribution in [-0.2, 0) is 11.3 Å². The van der Waals surface area contributed by atoms with Crippen molar-refractivity contribution in [2.75, 3.05) is 5.32 Å². The molecule has 3 aromatic rings. The second kappa shape index (κ2) is 8.14. The average molecular weight is 426 g/mol. The quantitative estimate of drug-likeness (QED) is 0.630. The Labute approximate surface area is 176 Å². The molecule has 1 unspecified atom stereocenters. The van der Waals surface area contributed by atoms with Crippen molar-refractivity contribution in [1.29, 1.82) is 0 Å². The van der Waals surface area contributed by atoms with Gasteiger partial charge in [-0.3, -0.25) is 9.59 Å². The molecule has 0 aromatic heterocycles. The highest BCUT2D eigenvalue weighted by Crippen LogP contribution is 2.32. The Morgan fingerprint density at radius 3 is 2.23 bits per heavy atom. The van der Waals surface area contributed by atoms with Crippen molar-refractivity contribution in [2.24, 2.45) is 0 Å². The number of benzene rings is 3. The Kier molecular flexibility index (Phi) is 5.37. The fourth-order valence-corrected chi connectivity index (χ4v) is 3.54. The van der Waals surface area contributed by atoms with Crippen LogP contribution in [0.5, 0.6) is 5.75 Å². The maximum absolute atomic E-state index is 13.2. The second-order valence-electron chi connectivity index (χ2n) is 6.96. The molecule has 31 heavy (non-hydrogen) atoms. The molecule has 158 valence electrons. The lowest BCUT2D eigenvalue weighted by molar-refractivity contribution is -0.274. The van der Waals surface area contributed by atoms with E-state index in [0.717, 1.165) is 17.7 Å². The Bertz CT molecular complexity index is 1100. The van der Waals surface area contributed by atoms with Crippen molar-refractivity contribution >= 4 is 17.5 Å². The van der Waals surface area contributed by atoms with Crippen LogP contribution in [0.4, 0.5) is 18.9 Å². The lowest BCUT2D eigenvalue weighted by Crippen LogP contribution is -2.37. The molecule has 0 spiro atoms. The van der Waals surface area contributed by atoms with Crippen molar-refractivity contribution in [3.05, 3.63) is 95.6 Å². The maximum Gasteiger partial charge on any atom is 0.573 e. The molecule has 1 heterocycles. The third-order valence-electron chi connectivity index (χ3n) is 4.88. The predicted octanol–water partition coefficient (Wildman–Crippen LogP) is 4.92. The van der Waals surface area contributed by atoms with Gasteiger partial charge in [-0.05, 0) is 41.5 Å². The number of amides is 2. The van der Waals surface area contributed by atoms with E-state index in [9.17, 15) is 22.8 Å². The van der Waals surface area contributed by atoms with Gasteiger partial charge in [0.15, 0.2) is 0 Å². The second-order valence-corrected chi connectivity index (χ2v) is 6.96. The number of fused-ring (bicyclic) bond motifs is 1. The molecule has 1 N–H and O–H groups in total. The summed E-state index contributed by atoms with van der Waals surface area (Å²) in [6, 6.07) is 19.9. The monoisotopic (exact) mass is 426 g/mol. The van der Waals surface area contributed by atoms with Gasteiger partial charge in [-0.25, -0.2) is 0 Å². The van der Waals surface area contributed by atoms with E-state index in [2.05, 4.69) is 10.1 Å². The number of carbonyl (C=O) groups is 2. The van der Waals surface area contributed by atoms with Gasteiger partial charge in [0, 0.05) is 17.8 Å². The Morgan fingerprint density at radius 2 is 1.58 bits per heavy atom. The Hall–Kier alpha value is -3.81. The third-order valence-corrected chi connectivity index (χ3v) is 4.88. The van der Waals surface area contributed by atoms with Gasteiger partial charge in [0.2, 0.25) is 0 Å². The summed E-state index contributed by atoms with van der Waals surface area (Å²) in [6.45, 7) is 0.278. The Balaban J connectivity index is 1.58. The smallest absolute Gasteiger partial charge is 0.406 e. The molecular formula is C23H17F3N2O3. The third kappa shape index (κ3) is 4.53. The van der Waals surface area contributed by atoms with E-state index < -0.39 is 24.1 Å². The molecule has 1 aliphatic heterocycles. The summed E-state index contributed by atoms with van der Waals surface area (Å²) in [6.07, 6.45) is -4.80. The van der Waals surface area contributed by atoms with E-state index in [1.165, 1.54) is 17.0 Å². The van der Waals surface area contributed by atoms with Crippen LogP contribution in [0.1, 0.15) is 27.5 Å². The molecule has 0 aliphatic carbocycles. The minimum Gasteiger partial charge on any atom is -0.406 e. The zero-order chi connectivity index (χ0) is 22.0. The van der Waals surface area contributed by atoms with Crippen LogP contribution < -0.4 is 10.1 Å². The van der Waals surface area contributed by atoms with Crippen LogP contribution in [0.3, 0.4) is 0 Å². The summed E-state index contributed by atoms with van der Waals surface area (Å²) >= 11 is 0. The first-order valence-electron chi connectivity index (χ1n) is 9.42. The fourth-order valence-electron chi connectivity index (χ4n) is 3.54. The van der Waals surface area contributed by atoms with Crippen LogP contribution in [-0.4, -0.2) is 23.1 Å². The summed E-state index contributed by atoms with van der Waals surface area (Å²) in [4.78, 5) is 27.6. The largest absolute Gasteiger partial charge is 0.573 e. The molecule has 2 amide bonds. The SMILES string of the molecule is O=C(Nc1ccc(OC(F)(F)F)cc1)C(c1ccccc1)N1Cc2ccccc2C1=O. The summed E-state index contributed by atoms with van der Waals surface area (Å²) in [5, 5.41) is 2.69. The van der Waals surface area contributed by atoms with Crippen molar-refractivity contribution in [1.82, 2.24) is 4.90 Å². The van der Waals surface area contributed by atoms with Gasteiger partial charge < -0.3 is 15.0 Å². The molecule has 1 aliphatic rings. The van der Waals surface area contributed by atoms with Crippen LogP contribution in [0.2, 0.25) is 0 Å². The van der Waals surface area contributed by atoms with E-state index in [4.69, 9.17) is 0 Å². The molecule has 0 fully saturated rings. The van der Waals surface area contributed by atoms with Crippen LogP contribution in [0.25, 0.3) is 0 Å². The first-order valence-corrected chi connectivity index (χ1v) is 9.42. The molecule has 0 bridgehead atoms. The first kappa shape index (κ1) is 20.5. The normalized spacial score (nSPS) is 14.2. The number of ether oxygens (including phenoxy) is 1. The number of rotatable bonds is 5. The minimum absolute atomic E-state index is 0.256. The van der Waals surface area contributed by atoms with Crippen molar-refractivity contribution < 1.29 is 27.5 Å². The van der Waals surface area contributed by atoms with Crippen molar-refractivity contribution in [3.8, 4) is 5.75 Å². The molecule has 4 rings (SSSR count). The number of anilines is 1. The minimum atomic E-state index is -4.80. The molecule has 1 atom stereocenters. The summed E-state index contributed by atoms with van der Waals surface area (Å²) in [5.74, 6) is -1.12. The molecule has 8 heteroatoms. The van der Waals surface area contributed by atoms with Gasteiger partial charge in [0.1, 0.15) is 11.8 Å². The fraction of sp³-hybridized carbons (Fsp3) is 0.130. The zero-order valence-corrected chi connectivity index (χ0v) is 16.1. The average Bonchev–Trinajstić information content (AvgIpc) is 3.06. The topological polar surface area (TPSA) is 58.6 Å². The van der Waals surface area contributed by atoms with Crippen molar-refractivity contribution in [2.45, 2.75) is 18.9 Å². The van der Waals surface area contributed by atoms with Crippen LogP contribution in [0, 0.1) is 0 Å². The first-order chi connectivity index (χ1) is 14.8. The lowest BCUT2D eigenvalue weighted by atomic mass is 10.0. The standard InChI is InChI=1S/C23H17F3N2O3/c24-23(25,26)31-18-12-10-17(11-13-18)27-21(29)20(15-6-2-1-3-7-15)28-14-16-8-4-5-9-19(16)22(28)30/h1-13,20H,14H2,(H,27,29). The number of halogens is 3. The van der Waals surface area contributed by atoms with Crippen LogP contribution >= 0.6 is 0 Å². The summed E-state index contributed by atoms with van der Waals surface area (Å²) in [5.41, 5.74) is 2.28. The predicted molar refractivity (Wildman–Crippen MR) is 107 cm³/mol. The number of nitrogens with zero attached hydrogens (tertiary/aromatic N) is 1. The molecule has 5 nitrogen and oxygen atoms in total. The number of carbonyl (C=O) groups excluding carboxylic acids is 2. The maximum atomic E-state index is 13.2. The highest BCUT2D eigenvalue weighted by atomic mass is 19.4. The summed E-state index contributed by atoms with van der Waals surface area (Å²) < 4.78 is 40.9. The number of alkyl halides is 3. The van der Waals surface area contributed by atoms with E-state index in [1.807, 2.05) is 12.1 Å². The zero-order valence-electron chi connectivity index (χ0n) is 16.1.